The van der Waals surface area contributed by atoms with Gasteiger partial charge >= 0.3 is 6.09 Å². The van der Waals surface area contributed by atoms with Crippen LogP contribution in [0.4, 0.5) is 9.18 Å². The van der Waals surface area contributed by atoms with E-state index in [-0.39, 0.29) is 47.6 Å². The minimum atomic E-state index is -0.809. The zero-order chi connectivity index (χ0) is 24.0. The van der Waals surface area contributed by atoms with Crippen molar-refractivity contribution < 1.29 is 23.5 Å². The summed E-state index contributed by atoms with van der Waals surface area (Å²) in [6.07, 6.45) is 2.66. The molecule has 9 heteroatoms. The highest BCUT2D eigenvalue weighted by molar-refractivity contribution is 6.30. The number of likely N-dealkylation sites (tertiary alicyclic amines) is 1. The monoisotopic (exact) mass is 483 g/mol. The Morgan fingerprint density at radius 3 is 2.74 bits per heavy atom. The number of fused-ring (bicyclic) bond motifs is 2. The smallest absolute Gasteiger partial charge is 0.407 e. The number of halogens is 2. The maximum absolute atomic E-state index is 14.0. The Morgan fingerprint density at radius 1 is 1.15 bits per heavy atom. The molecule has 1 unspecified atom stereocenters. The lowest BCUT2D eigenvalue weighted by Crippen LogP contribution is -2.46. The lowest BCUT2D eigenvalue weighted by Gasteiger charge is -2.28. The molecule has 2 amide bonds. The Kier molecular flexibility index (Phi) is 5.77. The summed E-state index contributed by atoms with van der Waals surface area (Å²) >= 11 is 5.72. The van der Waals surface area contributed by atoms with Crippen molar-refractivity contribution in [3.8, 4) is 5.75 Å². The molecule has 0 radical (unpaired) electrons. The van der Waals surface area contributed by atoms with E-state index in [1.54, 1.807) is 6.20 Å². The molecule has 1 aromatic heterocycles. The van der Waals surface area contributed by atoms with Gasteiger partial charge in [-0.15, -0.1) is 0 Å². The first-order valence-electron chi connectivity index (χ1n) is 11.1. The minimum absolute atomic E-state index is 0.0532. The molecule has 7 nitrogen and oxygen atoms in total. The van der Waals surface area contributed by atoms with Gasteiger partial charge in [-0.25, -0.2) is 9.18 Å². The number of nitrogens with zero attached hydrogens (tertiary/aromatic N) is 2. The number of rotatable bonds is 6. The number of ketones is 1. The summed E-state index contributed by atoms with van der Waals surface area (Å²) in [7, 11) is 0. The topological polar surface area (TPSA) is 80.6 Å². The van der Waals surface area contributed by atoms with E-state index >= 15 is 0 Å². The number of ether oxygens (including phenoxy) is 1. The number of para-hydroxylation sites is 1. The molecule has 1 saturated carbocycles. The Balaban J connectivity index is 1.26. The fourth-order valence-corrected chi connectivity index (χ4v) is 5.08. The first-order chi connectivity index (χ1) is 16.3. The van der Waals surface area contributed by atoms with Gasteiger partial charge in [0.25, 0.3) is 0 Å². The van der Waals surface area contributed by atoms with Gasteiger partial charge in [0.05, 0.1) is 5.02 Å². The van der Waals surface area contributed by atoms with Gasteiger partial charge in [-0.2, -0.15) is 0 Å². The van der Waals surface area contributed by atoms with Crippen LogP contribution in [0.15, 0.2) is 48.7 Å². The van der Waals surface area contributed by atoms with Gasteiger partial charge in [-0.05, 0) is 43.9 Å². The largest absolute Gasteiger partial charge is 0.412 e. The minimum Gasteiger partial charge on any atom is -0.407 e. The first kappa shape index (κ1) is 22.4. The molecule has 2 aromatic carbocycles. The maximum Gasteiger partial charge on any atom is 0.412 e. The first-order valence-corrected chi connectivity index (χ1v) is 11.5. The van der Waals surface area contributed by atoms with E-state index in [4.69, 9.17) is 16.3 Å². The van der Waals surface area contributed by atoms with Crippen molar-refractivity contribution in [2.75, 3.05) is 6.54 Å². The molecular weight excluding hydrogens is 461 g/mol. The van der Waals surface area contributed by atoms with Gasteiger partial charge in [0, 0.05) is 41.3 Å². The zero-order valence-corrected chi connectivity index (χ0v) is 19.2. The molecule has 3 aromatic rings. The summed E-state index contributed by atoms with van der Waals surface area (Å²) in [6.45, 7) is 1.82. The van der Waals surface area contributed by atoms with Gasteiger partial charge in [-0.1, -0.05) is 35.9 Å². The molecule has 1 saturated heterocycles. The average Bonchev–Trinajstić information content (AvgIpc) is 3.31. The molecule has 1 aliphatic carbocycles. The van der Waals surface area contributed by atoms with Crippen LogP contribution in [0.1, 0.15) is 30.1 Å². The van der Waals surface area contributed by atoms with Crippen LogP contribution in [0.25, 0.3) is 10.9 Å². The molecule has 0 bridgehead atoms. The number of benzene rings is 2. The summed E-state index contributed by atoms with van der Waals surface area (Å²) in [5.41, 5.74) is 1.41. The van der Waals surface area contributed by atoms with Gasteiger partial charge < -0.3 is 19.5 Å². The fourth-order valence-electron chi connectivity index (χ4n) is 4.92. The summed E-state index contributed by atoms with van der Waals surface area (Å²) in [5.74, 6) is -0.758. The Morgan fingerprint density at radius 2 is 1.94 bits per heavy atom. The van der Waals surface area contributed by atoms with Crippen molar-refractivity contribution in [1.82, 2.24) is 14.8 Å². The van der Waals surface area contributed by atoms with Crippen LogP contribution in [0, 0.1) is 11.7 Å². The number of hydrogen-bond donors (Lipinski definition) is 1. The number of aromatic nitrogens is 1. The molecule has 1 aliphatic heterocycles. The Hall–Kier alpha value is -3.39. The molecule has 2 aliphatic rings. The molecule has 2 heterocycles. The lowest BCUT2D eigenvalue weighted by atomic mass is 10.1. The van der Waals surface area contributed by atoms with E-state index in [1.807, 2.05) is 33.7 Å². The number of nitrogens with one attached hydrogen (secondary N) is 1. The third-order valence-corrected chi connectivity index (χ3v) is 6.87. The van der Waals surface area contributed by atoms with Crippen LogP contribution in [0.2, 0.25) is 5.02 Å². The number of carbonyl (C=O) groups is 3. The summed E-state index contributed by atoms with van der Waals surface area (Å²) in [6, 6.07) is 11.7. The SMILES string of the molecule is CC(=O)c1cn(CC(=O)N2[C@H](CNC(=O)Oc3cccc(Cl)c3F)CC3C[C@H]32)c2ccccc12. The van der Waals surface area contributed by atoms with Crippen LogP contribution < -0.4 is 10.1 Å². The molecular formula is C25H23ClFN3O4. The summed E-state index contributed by atoms with van der Waals surface area (Å²) < 4.78 is 20.8. The van der Waals surface area contributed by atoms with E-state index in [0.29, 0.717) is 11.5 Å². The summed E-state index contributed by atoms with van der Waals surface area (Å²) in [5, 5.41) is 3.33. The van der Waals surface area contributed by atoms with E-state index in [0.717, 1.165) is 23.7 Å². The number of Topliss-reactive ketones (excluding diaryl/α,β-unsaturated/α-hetero) is 1. The van der Waals surface area contributed by atoms with Crippen molar-refractivity contribution in [1.29, 1.82) is 0 Å². The number of amides is 2. The molecule has 5 rings (SSSR count). The van der Waals surface area contributed by atoms with E-state index in [1.165, 1.54) is 25.1 Å². The normalized spacial score (nSPS) is 20.8. The molecule has 2 fully saturated rings. The molecule has 34 heavy (non-hydrogen) atoms. The second-order valence-electron chi connectivity index (χ2n) is 8.82. The van der Waals surface area contributed by atoms with Crippen molar-refractivity contribution in [2.45, 2.75) is 38.4 Å². The predicted octanol–water partition coefficient (Wildman–Crippen LogP) is 4.41. The maximum atomic E-state index is 14.0. The van der Waals surface area contributed by atoms with E-state index in [2.05, 4.69) is 5.32 Å². The van der Waals surface area contributed by atoms with Gasteiger partial charge in [0.1, 0.15) is 6.54 Å². The fraction of sp³-hybridized carbons (Fsp3) is 0.320. The van der Waals surface area contributed by atoms with Gasteiger partial charge in [-0.3, -0.25) is 9.59 Å². The third kappa shape index (κ3) is 4.14. The Bertz CT molecular complexity index is 1310. The van der Waals surface area contributed by atoms with Crippen LogP contribution in [0.5, 0.6) is 5.75 Å². The Labute approximate surface area is 200 Å². The van der Waals surface area contributed by atoms with Crippen molar-refractivity contribution in [3.05, 3.63) is 65.1 Å². The summed E-state index contributed by atoms with van der Waals surface area (Å²) in [4.78, 5) is 39.4. The predicted molar refractivity (Wildman–Crippen MR) is 125 cm³/mol. The number of piperidine rings is 1. The lowest BCUT2D eigenvalue weighted by molar-refractivity contribution is -0.133. The van der Waals surface area contributed by atoms with Crippen LogP contribution in [-0.2, 0) is 11.3 Å². The quantitative estimate of drug-likeness (QED) is 0.526. The molecule has 3 atom stereocenters. The highest BCUT2D eigenvalue weighted by atomic mass is 35.5. The van der Waals surface area contributed by atoms with E-state index < -0.39 is 11.9 Å². The van der Waals surface area contributed by atoms with E-state index in [9.17, 15) is 18.8 Å². The van der Waals surface area contributed by atoms with Crippen LogP contribution in [0.3, 0.4) is 0 Å². The second-order valence-corrected chi connectivity index (χ2v) is 9.23. The number of carbonyl (C=O) groups excluding carboxylic acids is 3. The highest BCUT2D eigenvalue weighted by Gasteiger charge is 2.53. The standard InChI is InChI=1S/C25H23ClFN3O4/c1-14(31)18-12-29(20-7-3-2-5-17(18)20)13-23(32)30-16(9-15-10-21(15)30)11-28-25(33)34-22-8-4-6-19(26)24(22)27/h2-8,12,15-16,21H,9-11,13H2,1H3,(H,28,33)/t15?,16-,21+/m0/s1. The van der Waals surface area contributed by atoms with Crippen molar-refractivity contribution in [2.24, 2.45) is 5.92 Å². The van der Waals surface area contributed by atoms with Crippen LogP contribution >= 0.6 is 11.6 Å². The third-order valence-electron chi connectivity index (χ3n) is 6.57. The second kappa shape index (κ2) is 8.76. The molecule has 1 N–H and O–H groups in total. The number of hydrogen-bond acceptors (Lipinski definition) is 4. The molecule has 176 valence electrons. The average molecular weight is 484 g/mol. The molecule has 0 spiro atoms. The highest BCUT2D eigenvalue weighted by Crippen LogP contribution is 2.47. The van der Waals surface area contributed by atoms with Crippen LogP contribution in [-0.4, -0.2) is 45.9 Å². The van der Waals surface area contributed by atoms with Crippen molar-refractivity contribution in [3.63, 3.8) is 0 Å². The van der Waals surface area contributed by atoms with Crippen molar-refractivity contribution >= 4 is 40.3 Å². The van der Waals surface area contributed by atoms with Gasteiger partial charge in [0.2, 0.25) is 5.91 Å². The van der Waals surface area contributed by atoms with Gasteiger partial charge in [0.15, 0.2) is 17.3 Å². The zero-order valence-electron chi connectivity index (χ0n) is 18.5.